The number of carbonyl (C=O) groups is 2. The molecule has 2 N–H and O–H groups in total. The molecule has 0 saturated carbocycles. The average Bonchev–Trinajstić information content (AvgIpc) is 2.25. The molecule has 2 amide bonds. The topological polar surface area (TPSA) is 58.2 Å². The van der Waals surface area contributed by atoms with Crippen LogP contribution in [-0.2, 0) is 9.59 Å². The Labute approximate surface area is 109 Å². The van der Waals surface area contributed by atoms with Crippen LogP contribution in [-0.4, -0.2) is 11.8 Å². The first-order valence-electron chi connectivity index (χ1n) is 4.69. The van der Waals surface area contributed by atoms with E-state index in [-0.39, 0.29) is 5.91 Å². The SMILES string of the molecule is CC(=O)NNC(=O)/C=C/c1c(Cl)cccc1Cl. The summed E-state index contributed by atoms with van der Waals surface area (Å²) in [5, 5.41) is 0.891. The first kappa shape index (κ1) is 13.5. The Balaban J connectivity index is 2.70. The molecule has 1 aromatic rings. The lowest BCUT2D eigenvalue weighted by atomic mass is 10.2. The highest BCUT2D eigenvalue weighted by Gasteiger charge is 2.02. The molecule has 4 nitrogen and oxygen atoms in total. The first-order chi connectivity index (χ1) is 8.00. The van der Waals surface area contributed by atoms with Gasteiger partial charge in [0.05, 0.1) is 0 Å². The van der Waals surface area contributed by atoms with Crippen LogP contribution >= 0.6 is 23.2 Å². The number of hydrogen-bond acceptors (Lipinski definition) is 2. The average molecular weight is 273 g/mol. The van der Waals surface area contributed by atoms with E-state index in [9.17, 15) is 9.59 Å². The Morgan fingerprint density at radius 2 is 1.76 bits per heavy atom. The molecule has 1 aromatic carbocycles. The van der Waals surface area contributed by atoms with Gasteiger partial charge in [0, 0.05) is 28.6 Å². The van der Waals surface area contributed by atoms with E-state index >= 15 is 0 Å². The monoisotopic (exact) mass is 272 g/mol. The van der Waals surface area contributed by atoms with Crippen LogP contribution < -0.4 is 10.9 Å². The third-order valence-electron chi connectivity index (χ3n) is 1.76. The van der Waals surface area contributed by atoms with E-state index in [1.807, 2.05) is 0 Å². The standard InChI is InChI=1S/C11H10Cl2N2O2/c1-7(16)14-15-11(17)6-5-8-9(12)3-2-4-10(8)13/h2-6H,1H3,(H,14,16)(H,15,17)/b6-5+. The Morgan fingerprint density at radius 3 is 2.29 bits per heavy atom. The third kappa shape index (κ3) is 4.46. The number of halogens is 2. The number of hydrogen-bond donors (Lipinski definition) is 2. The van der Waals surface area contributed by atoms with Gasteiger partial charge in [-0.25, -0.2) is 0 Å². The van der Waals surface area contributed by atoms with Crippen molar-refractivity contribution >= 4 is 41.1 Å². The summed E-state index contributed by atoms with van der Waals surface area (Å²) in [5.74, 6) is -0.835. The molecule has 0 aliphatic rings. The lowest BCUT2D eigenvalue weighted by Gasteiger charge is -2.02. The summed E-state index contributed by atoms with van der Waals surface area (Å²) in [7, 11) is 0. The summed E-state index contributed by atoms with van der Waals surface area (Å²) in [6.07, 6.45) is 2.70. The second kappa shape index (κ2) is 6.27. The molecule has 0 unspecified atom stereocenters. The molecule has 17 heavy (non-hydrogen) atoms. The molecule has 0 fully saturated rings. The van der Waals surface area contributed by atoms with Crippen molar-refractivity contribution < 1.29 is 9.59 Å². The number of carbonyl (C=O) groups excluding carboxylic acids is 2. The van der Waals surface area contributed by atoms with Gasteiger partial charge in [-0.15, -0.1) is 0 Å². The second-order valence-corrected chi connectivity index (χ2v) is 3.95. The Bertz CT molecular complexity index is 452. The Morgan fingerprint density at radius 1 is 1.18 bits per heavy atom. The number of rotatable bonds is 2. The molecule has 0 aromatic heterocycles. The maximum atomic E-state index is 11.2. The fraction of sp³-hybridized carbons (Fsp3) is 0.0909. The van der Waals surface area contributed by atoms with Crippen LogP contribution in [0.5, 0.6) is 0 Å². The molecule has 6 heteroatoms. The number of benzene rings is 1. The highest BCUT2D eigenvalue weighted by atomic mass is 35.5. The van der Waals surface area contributed by atoms with Gasteiger partial charge in [0.25, 0.3) is 5.91 Å². The zero-order valence-electron chi connectivity index (χ0n) is 8.96. The largest absolute Gasteiger partial charge is 0.274 e. The molecule has 0 radical (unpaired) electrons. The van der Waals surface area contributed by atoms with Gasteiger partial charge in [0.1, 0.15) is 0 Å². The van der Waals surface area contributed by atoms with Crippen LogP contribution in [0.1, 0.15) is 12.5 Å². The van der Waals surface area contributed by atoms with Crippen LogP contribution in [0.3, 0.4) is 0 Å². The lowest BCUT2D eigenvalue weighted by Crippen LogP contribution is -2.39. The second-order valence-electron chi connectivity index (χ2n) is 3.14. The van der Waals surface area contributed by atoms with E-state index in [0.29, 0.717) is 15.6 Å². The van der Waals surface area contributed by atoms with Gasteiger partial charge in [-0.05, 0) is 18.2 Å². The van der Waals surface area contributed by atoms with Crippen molar-refractivity contribution in [2.75, 3.05) is 0 Å². The molecule has 0 saturated heterocycles. The quantitative estimate of drug-likeness (QED) is 0.641. The predicted octanol–water partition coefficient (Wildman–Crippen LogP) is 2.17. The fourth-order valence-corrected chi connectivity index (χ4v) is 1.54. The van der Waals surface area contributed by atoms with E-state index in [2.05, 4.69) is 10.9 Å². The van der Waals surface area contributed by atoms with Gasteiger partial charge in [0.2, 0.25) is 5.91 Å². The van der Waals surface area contributed by atoms with Gasteiger partial charge in [-0.1, -0.05) is 29.3 Å². The van der Waals surface area contributed by atoms with Crippen molar-refractivity contribution in [2.45, 2.75) is 6.92 Å². The summed E-state index contributed by atoms with van der Waals surface area (Å²) >= 11 is 11.8. The molecule has 1 rings (SSSR count). The van der Waals surface area contributed by atoms with Crippen molar-refractivity contribution in [1.82, 2.24) is 10.9 Å². The summed E-state index contributed by atoms with van der Waals surface area (Å²) in [5.41, 5.74) is 4.88. The molecular formula is C11H10Cl2N2O2. The minimum absolute atomic E-state index is 0.359. The summed E-state index contributed by atoms with van der Waals surface area (Å²) in [6.45, 7) is 1.29. The molecule has 0 aliphatic carbocycles. The van der Waals surface area contributed by atoms with E-state index < -0.39 is 5.91 Å². The van der Waals surface area contributed by atoms with Crippen LogP contribution in [0.15, 0.2) is 24.3 Å². The van der Waals surface area contributed by atoms with Crippen LogP contribution in [0, 0.1) is 0 Å². The summed E-state index contributed by atoms with van der Waals surface area (Å²) in [4.78, 5) is 21.8. The fourth-order valence-electron chi connectivity index (χ4n) is 1.02. The van der Waals surface area contributed by atoms with Crippen molar-refractivity contribution in [3.8, 4) is 0 Å². The van der Waals surface area contributed by atoms with Crippen molar-refractivity contribution in [2.24, 2.45) is 0 Å². The first-order valence-corrected chi connectivity index (χ1v) is 5.45. The Hall–Kier alpha value is -1.52. The maximum Gasteiger partial charge on any atom is 0.262 e. The van der Waals surface area contributed by atoms with Gasteiger partial charge < -0.3 is 0 Å². The van der Waals surface area contributed by atoms with E-state index in [1.54, 1.807) is 18.2 Å². The molecule has 0 heterocycles. The maximum absolute atomic E-state index is 11.2. The van der Waals surface area contributed by atoms with Crippen molar-refractivity contribution in [1.29, 1.82) is 0 Å². The normalized spacial score (nSPS) is 10.3. The van der Waals surface area contributed by atoms with Crippen LogP contribution in [0.25, 0.3) is 6.08 Å². The van der Waals surface area contributed by atoms with Gasteiger partial charge in [-0.3, -0.25) is 20.4 Å². The molecule has 0 aliphatic heterocycles. The van der Waals surface area contributed by atoms with Crippen LogP contribution in [0.2, 0.25) is 10.0 Å². The van der Waals surface area contributed by atoms with Crippen LogP contribution in [0.4, 0.5) is 0 Å². The van der Waals surface area contributed by atoms with Crippen molar-refractivity contribution in [3.05, 3.63) is 39.9 Å². The minimum Gasteiger partial charge on any atom is -0.274 e. The summed E-state index contributed by atoms with van der Waals surface area (Å²) < 4.78 is 0. The van der Waals surface area contributed by atoms with E-state index in [0.717, 1.165) is 0 Å². The zero-order valence-corrected chi connectivity index (χ0v) is 10.5. The molecule has 90 valence electrons. The van der Waals surface area contributed by atoms with Crippen molar-refractivity contribution in [3.63, 3.8) is 0 Å². The van der Waals surface area contributed by atoms with E-state index in [4.69, 9.17) is 23.2 Å². The molecule has 0 bridgehead atoms. The third-order valence-corrected chi connectivity index (χ3v) is 2.42. The van der Waals surface area contributed by atoms with Gasteiger partial charge in [0.15, 0.2) is 0 Å². The predicted molar refractivity (Wildman–Crippen MR) is 67.5 cm³/mol. The number of amides is 2. The highest BCUT2D eigenvalue weighted by Crippen LogP contribution is 2.25. The van der Waals surface area contributed by atoms with E-state index in [1.165, 1.54) is 19.1 Å². The van der Waals surface area contributed by atoms with Gasteiger partial charge in [-0.2, -0.15) is 0 Å². The minimum atomic E-state index is -0.476. The zero-order chi connectivity index (χ0) is 12.8. The molecular weight excluding hydrogens is 263 g/mol. The highest BCUT2D eigenvalue weighted by molar-refractivity contribution is 6.37. The number of hydrazine groups is 1. The summed E-state index contributed by atoms with van der Waals surface area (Å²) in [6, 6.07) is 5.04. The lowest BCUT2D eigenvalue weighted by molar-refractivity contribution is -0.125. The Kier molecular flexibility index (Phi) is 5.00. The number of nitrogens with one attached hydrogen (secondary N) is 2. The smallest absolute Gasteiger partial charge is 0.262 e. The van der Waals surface area contributed by atoms with Gasteiger partial charge >= 0.3 is 0 Å². The molecule has 0 spiro atoms. The molecule has 0 atom stereocenters.